The predicted octanol–water partition coefficient (Wildman–Crippen LogP) is 5.38. The first-order chi connectivity index (χ1) is 27.5. The minimum absolute atomic E-state index is 0.0281. The number of rotatable bonds is 11. The van der Waals surface area contributed by atoms with Crippen molar-refractivity contribution in [2.45, 2.75) is 75.2 Å². The van der Waals surface area contributed by atoms with Crippen molar-refractivity contribution in [3.05, 3.63) is 126 Å². The zero-order valence-corrected chi connectivity index (χ0v) is 34.0. The lowest BCUT2D eigenvalue weighted by Gasteiger charge is -2.39. The van der Waals surface area contributed by atoms with E-state index < -0.39 is 37.0 Å². The number of para-hydroxylation sites is 1. The molecule has 0 radical (unpaired) electrons. The summed E-state index contributed by atoms with van der Waals surface area (Å²) in [6, 6.07) is 35.3. The number of anilines is 3. The molecule has 3 saturated heterocycles. The molecular formula is C45H53N5O6Si. The molecule has 0 bridgehead atoms. The summed E-state index contributed by atoms with van der Waals surface area (Å²) in [5, 5.41) is 13.4. The van der Waals surface area contributed by atoms with Crippen LogP contribution in [0.25, 0.3) is 0 Å². The molecule has 57 heavy (non-hydrogen) atoms. The molecule has 298 valence electrons. The number of piperidine rings is 1. The topological polar surface area (TPSA) is 126 Å². The number of hydrogen-bond acceptors (Lipinski definition) is 8. The fraction of sp³-hybridized carbons (Fsp3) is 0.400. The monoisotopic (exact) mass is 787 g/mol. The SMILES string of the molecule is C[C@@H]1[C@@H]([Si](C)(C)O)[C@H](CC(=O)N(CCO)Cc2ccccc2)O[C@@]12C(=O)N(Cc1ccccc1)c1ccc(N3CN(c4ccccc4)C4(CCNCC4)C3=O)cc12. The molecule has 0 aliphatic carbocycles. The van der Waals surface area contributed by atoms with Gasteiger partial charge in [0.15, 0.2) is 13.9 Å². The maximum atomic E-state index is 15.3. The summed E-state index contributed by atoms with van der Waals surface area (Å²) in [7, 11) is -3.10. The molecular weight excluding hydrogens is 735 g/mol. The van der Waals surface area contributed by atoms with Crippen LogP contribution in [0, 0.1) is 5.92 Å². The lowest BCUT2D eigenvalue weighted by Crippen LogP contribution is -2.55. The van der Waals surface area contributed by atoms with E-state index >= 15 is 4.79 Å². The van der Waals surface area contributed by atoms with Gasteiger partial charge in [0.25, 0.3) is 11.8 Å². The Bertz CT molecular complexity index is 2090. The Morgan fingerprint density at radius 1 is 0.877 bits per heavy atom. The van der Waals surface area contributed by atoms with Crippen molar-refractivity contribution in [3.8, 4) is 0 Å². The Labute approximate surface area is 336 Å². The summed E-state index contributed by atoms with van der Waals surface area (Å²) >= 11 is 0. The standard InChI is InChI=1S/C45H53N5O6Si/c1-32-41(57(2,3)55)39(28-40(52)47(25-26-51)29-33-13-7-4-8-14-33)56-45(32)37-27-36(19-20-38(37)48(43(45)54)30-34-15-9-5-10-16-34)49-31-50(35-17-11-6-12-18-35)44(42(49)53)21-23-46-24-22-44/h4-20,27,32,39,41,46,51,55H,21-26,28-31H2,1-3H3/t32-,39+,41-,45+/m1/s1. The number of nitrogens with one attached hydrogen (secondary N) is 1. The van der Waals surface area contributed by atoms with Gasteiger partial charge in [-0.15, -0.1) is 0 Å². The Morgan fingerprint density at radius 3 is 2.14 bits per heavy atom. The van der Waals surface area contributed by atoms with Crippen LogP contribution in [-0.2, 0) is 37.8 Å². The zero-order valence-electron chi connectivity index (χ0n) is 33.0. The van der Waals surface area contributed by atoms with Crippen LogP contribution >= 0.6 is 0 Å². The first kappa shape index (κ1) is 39.0. The molecule has 0 saturated carbocycles. The third-order valence-corrected chi connectivity index (χ3v) is 15.2. The van der Waals surface area contributed by atoms with Crippen LogP contribution in [0.5, 0.6) is 0 Å². The molecule has 3 amide bonds. The van der Waals surface area contributed by atoms with E-state index in [2.05, 4.69) is 22.3 Å². The molecule has 12 heteroatoms. The van der Waals surface area contributed by atoms with E-state index in [9.17, 15) is 19.5 Å². The Balaban J connectivity index is 1.20. The van der Waals surface area contributed by atoms with Crippen LogP contribution in [0.2, 0.25) is 18.6 Å². The van der Waals surface area contributed by atoms with Gasteiger partial charge in [-0.1, -0.05) is 85.8 Å². The number of amides is 3. The molecule has 3 fully saturated rings. The van der Waals surface area contributed by atoms with Gasteiger partial charge in [0.1, 0.15) is 5.54 Å². The van der Waals surface area contributed by atoms with Gasteiger partial charge in [0.2, 0.25) is 5.91 Å². The molecule has 4 aromatic rings. The van der Waals surface area contributed by atoms with Gasteiger partial charge in [-0.3, -0.25) is 19.3 Å². The number of carbonyl (C=O) groups is 3. The van der Waals surface area contributed by atoms with E-state index in [4.69, 9.17) is 4.74 Å². The summed E-state index contributed by atoms with van der Waals surface area (Å²) in [6.07, 6.45) is 0.504. The predicted molar refractivity (Wildman–Crippen MR) is 223 cm³/mol. The van der Waals surface area contributed by atoms with Crippen molar-refractivity contribution in [3.63, 3.8) is 0 Å². The van der Waals surface area contributed by atoms with E-state index in [0.29, 0.717) is 49.5 Å². The average molecular weight is 788 g/mol. The van der Waals surface area contributed by atoms with Gasteiger partial charge in [0.05, 0.1) is 38.0 Å². The van der Waals surface area contributed by atoms with Crippen LogP contribution in [0.15, 0.2) is 109 Å². The number of carbonyl (C=O) groups excluding carboxylic acids is 3. The molecule has 11 nitrogen and oxygen atoms in total. The summed E-state index contributed by atoms with van der Waals surface area (Å²) in [4.78, 5) is 63.7. The van der Waals surface area contributed by atoms with Gasteiger partial charge in [0, 0.05) is 41.5 Å². The molecule has 2 spiro atoms. The molecule has 8 rings (SSSR count). The number of nitrogens with zero attached hydrogens (tertiary/aromatic N) is 4. The van der Waals surface area contributed by atoms with Gasteiger partial charge in [-0.2, -0.15) is 0 Å². The Kier molecular flexibility index (Phi) is 10.6. The van der Waals surface area contributed by atoms with E-state index in [0.717, 1.165) is 29.9 Å². The highest BCUT2D eigenvalue weighted by molar-refractivity contribution is 6.71. The minimum Gasteiger partial charge on any atom is -0.432 e. The summed E-state index contributed by atoms with van der Waals surface area (Å²) in [5.41, 5.74) is 2.17. The van der Waals surface area contributed by atoms with E-state index in [1.165, 1.54) is 0 Å². The van der Waals surface area contributed by atoms with Crippen LogP contribution in [-0.4, -0.2) is 85.4 Å². The molecule has 0 unspecified atom stereocenters. The second-order valence-electron chi connectivity index (χ2n) is 16.6. The van der Waals surface area contributed by atoms with Crippen molar-refractivity contribution in [2.75, 3.05) is 47.6 Å². The number of aliphatic hydroxyl groups is 1. The highest BCUT2D eigenvalue weighted by Gasteiger charge is 2.67. The van der Waals surface area contributed by atoms with Gasteiger partial charge in [-0.05, 0) is 80.5 Å². The van der Waals surface area contributed by atoms with E-state index in [1.807, 2.05) is 122 Å². The van der Waals surface area contributed by atoms with Crippen LogP contribution in [0.1, 0.15) is 42.9 Å². The Morgan fingerprint density at radius 2 is 1.51 bits per heavy atom. The maximum Gasteiger partial charge on any atom is 0.264 e. The van der Waals surface area contributed by atoms with Gasteiger partial charge in [-0.25, -0.2) is 0 Å². The Hall–Kier alpha value is -4.85. The first-order valence-electron chi connectivity index (χ1n) is 20.2. The number of fused-ring (bicyclic) bond motifs is 2. The maximum absolute atomic E-state index is 15.3. The first-order valence-corrected chi connectivity index (χ1v) is 23.2. The molecule has 4 aliphatic heterocycles. The van der Waals surface area contributed by atoms with Crippen LogP contribution in [0.4, 0.5) is 17.1 Å². The largest absolute Gasteiger partial charge is 0.432 e. The van der Waals surface area contributed by atoms with Crippen molar-refractivity contribution < 1.29 is 29.0 Å². The third kappa shape index (κ3) is 6.87. The fourth-order valence-electron chi connectivity index (χ4n) is 10.0. The summed E-state index contributed by atoms with van der Waals surface area (Å²) in [5.74, 6) is -0.938. The highest BCUT2D eigenvalue weighted by Crippen LogP contribution is 2.60. The molecule has 4 atom stereocenters. The highest BCUT2D eigenvalue weighted by atomic mass is 28.4. The molecule has 0 aromatic heterocycles. The third-order valence-electron chi connectivity index (χ3n) is 12.7. The second-order valence-corrected chi connectivity index (χ2v) is 20.6. The second kappa shape index (κ2) is 15.5. The number of ether oxygens (including phenoxy) is 1. The van der Waals surface area contributed by atoms with Crippen molar-refractivity contribution in [1.29, 1.82) is 0 Å². The molecule has 4 aliphatic rings. The lowest BCUT2D eigenvalue weighted by molar-refractivity contribution is -0.150. The summed E-state index contributed by atoms with van der Waals surface area (Å²) in [6.45, 7) is 8.04. The van der Waals surface area contributed by atoms with E-state index in [1.54, 1.807) is 9.80 Å². The smallest absolute Gasteiger partial charge is 0.264 e. The van der Waals surface area contributed by atoms with Crippen molar-refractivity contribution in [1.82, 2.24) is 10.2 Å². The number of aliphatic hydroxyl groups excluding tert-OH is 1. The quantitative estimate of drug-likeness (QED) is 0.173. The molecule has 3 N–H and O–H groups in total. The van der Waals surface area contributed by atoms with Gasteiger partial charge >= 0.3 is 0 Å². The summed E-state index contributed by atoms with van der Waals surface area (Å²) < 4.78 is 7.11. The molecule has 4 aromatic carbocycles. The normalized spacial score (nSPS) is 24.2. The minimum atomic E-state index is -3.10. The van der Waals surface area contributed by atoms with Crippen molar-refractivity contribution in [2.24, 2.45) is 5.92 Å². The average Bonchev–Trinajstić information content (AvgIpc) is 3.76. The fourth-order valence-corrected chi connectivity index (χ4v) is 12.6. The number of hydrogen-bond donors (Lipinski definition) is 3. The zero-order chi connectivity index (χ0) is 40.0. The molecule has 4 heterocycles. The van der Waals surface area contributed by atoms with Crippen LogP contribution in [0.3, 0.4) is 0 Å². The van der Waals surface area contributed by atoms with Crippen LogP contribution < -0.4 is 20.0 Å². The lowest BCUT2D eigenvalue weighted by atomic mass is 9.82. The van der Waals surface area contributed by atoms with E-state index in [-0.39, 0.29) is 37.3 Å². The van der Waals surface area contributed by atoms with Crippen molar-refractivity contribution >= 4 is 43.1 Å². The van der Waals surface area contributed by atoms with Gasteiger partial charge < -0.3 is 34.7 Å². The number of benzene rings is 4.